The first-order valence-electron chi connectivity index (χ1n) is 12.0. The van der Waals surface area contributed by atoms with E-state index in [-0.39, 0.29) is 29.6 Å². The number of amides is 2. The van der Waals surface area contributed by atoms with E-state index in [1.54, 1.807) is 12.3 Å². The average molecular weight is 511 g/mol. The Kier molecular flexibility index (Phi) is 6.59. The van der Waals surface area contributed by atoms with Gasteiger partial charge in [0.2, 0.25) is 5.91 Å². The van der Waals surface area contributed by atoms with Crippen molar-refractivity contribution in [2.45, 2.75) is 50.9 Å². The van der Waals surface area contributed by atoms with E-state index in [0.717, 1.165) is 28.8 Å². The summed E-state index contributed by atoms with van der Waals surface area (Å²) in [4.78, 5) is 28.7. The molecule has 192 valence electrons. The molecule has 2 aromatic carbocycles. The molecule has 4 N–H and O–H groups in total. The molecule has 0 spiro atoms. The predicted octanol–water partition coefficient (Wildman–Crippen LogP) is 4.52. The Labute approximate surface area is 211 Å². The largest absolute Gasteiger partial charge is 0.457 e. The second kappa shape index (κ2) is 9.85. The molecule has 5 rings (SSSR count). The molecule has 1 aliphatic carbocycles. The molecule has 2 heterocycles. The number of nitrogens with zero attached hydrogens (tertiary/aromatic N) is 1. The summed E-state index contributed by atoms with van der Waals surface area (Å²) >= 11 is 0. The highest BCUT2D eigenvalue weighted by atomic mass is 19.4. The van der Waals surface area contributed by atoms with Gasteiger partial charge < -0.3 is 21.1 Å². The molecule has 0 radical (unpaired) electrons. The fraction of sp³-hybridized carbons (Fsp3) is 0.296. The predicted molar refractivity (Wildman–Crippen MR) is 130 cm³/mol. The highest BCUT2D eigenvalue weighted by Gasteiger charge is 2.32. The van der Waals surface area contributed by atoms with Crippen LogP contribution in [0, 0.1) is 0 Å². The van der Waals surface area contributed by atoms with Gasteiger partial charge in [0.25, 0.3) is 5.91 Å². The van der Waals surface area contributed by atoms with Gasteiger partial charge in [-0.1, -0.05) is 6.07 Å². The van der Waals surface area contributed by atoms with Crippen LogP contribution in [0.3, 0.4) is 0 Å². The van der Waals surface area contributed by atoms with Crippen molar-refractivity contribution in [1.82, 2.24) is 10.3 Å². The van der Waals surface area contributed by atoms with E-state index in [4.69, 9.17) is 10.5 Å². The lowest BCUT2D eigenvalue weighted by atomic mass is 9.88. The molecule has 37 heavy (non-hydrogen) atoms. The van der Waals surface area contributed by atoms with Gasteiger partial charge in [-0.25, -0.2) is 4.98 Å². The normalized spacial score (nSPS) is 16.9. The van der Waals surface area contributed by atoms with Gasteiger partial charge in [0.15, 0.2) is 0 Å². The molecule has 7 nitrogen and oxygen atoms in total. The van der Waals surface area contributed by atoms with Gasteiger partial charge in [-0.15, -0.1) is 0 Å². The molecule has 0 fully saturated rings. The van der Waals surface area contributed by atoms with E-state index >= 15 is 0 Å². The first-order valence-corrected chi connectivity index (χ1v) is 12.0. The fourth-order valence-corrected chi connectivity index (χ4v) is 4.77. The summed E-state index contributed by atoms with van der Waals surface area (Å²) < 4.78 is 45.9. The van der Waals surface area contributed by atoms with Gasteiger partial charge >= 0.3 is 6.18 Å². The number of anilines is 1. The average Bonchev–Trinajstić information content (AvgIpc) is 2.87. The van der Waals surface area contributed by atoms with Crippen LogP contribution in [0.1, 0.15) is 51.0 Å². The number of hydrogen-bond donors (Lipinski definition) is 3. The lowest BCUT2D eigenvalue weighted by Gasteiger charge is -2.26. The molecule has 10 heteroatoms. The second-order valence-corrected chi connectivity index (χ2v) is 9.25. The number of carbonyl (C=O) groups excluding carboxylic acids is 2. The topological polar surface area (TPSA) is 106 Å². The third kappa shape index (κ3) is 5.43. The van der Waals surface area contributed by atoms with E-state index in [0.29, 0.717) is 49.4 Å². The van der Waals surface area contributed by atoms with Crippen molar-refractivity contribution in [2.24, 2.45) is 5.73 Å². The highest BCUT2D eigenvalue weighted by molar-refractivity contribution is 5.95. The minimum Gasteiger partial charge on any atom is -0.457 e. The van der Waals surface area contributed by atoms with Crippen molar-refractivity contribution in [3.8, 4) is 11.5 Å². The van der Waals surface area contributed by atoms with Gasteiger partial charge in [0, 0.05) is 36.3 Å². The zero-order valence-electron chi connectivity index (χ0n) is 19.8. The maximum absolute atomic E-state index is 13.3. The van der Waals surface area contributed by atoms with Crippen LogP contribution in [-0.4, -0.2) is 22.8 Å². The number of carbonyl (C=O) groups is 2. The van der Waals surface area contributed by atoms with Gasteiger partial charge in [0.05, 0.1) is 5.56 Å². The van der Waals surface area contributed by atoms with Crippen LogP contribution in [0.5, 0.6) is 11.5 Å². The summed E-state index contributed by atoms with van der Waals surface area (Å²) in [7, 11) is 0. The first kappa shape index (κ1) is 24.8. The third-order valence-electron chi connectivity index (χ3n) is 6.66. The lowest BCUT2D eigenvalue weighted by Crippen LogP contribution is -2.39. The van der Waals surface area contributed by atoms with Crippen molar-refractivity contribution in [2.75, 3.05) is 5.32 Å². The monoisotopic (exact) mass is 510 g/mol. The van der Waals surface area contributed by atoms with Crippen LogP contribution in [-0.2, 0) is 36.8 Å². The summed E-state index contributed by atoms with van der Waals surface area (Å²) in [6.07, 6.45) is -0.198. The molecular weight excluding hydrogens is 485 g/mol. The van der Waals surface area contributed by atoms with E-state index in [9.17, 15) is 22.8 Å². The molecule has 1 unspecified atom stereocenters. The minimum absolute atomic E-state index is 0.0623. The van der Waals surface area contributed by atoms with Crippen molar-refractivity contribution >= 4 is 17.6 Å². The Bertz CT molecular complexity index is 1370. The SMILES string of the molecule is NCc1cc(C(=O)NC2CCc3ccc(Oc4ccnc5c4CCC(=O)N5)cc3C2)cc(C(F)(F)F)c1. The second-order valence-electron chi connectivity index (χ2n) is 9.25. The fourth-order valence-electron chi connectivity index (χ4n) is 4.77. The van der Waals surface area contributed by atoms with Crippen molar-refractivity contribution in [3.63, 3.8) is 0 Å². The van der Waals surface area contributed by atoms with Crippen molar-refractivity contribution in [3.05, 3.63) is 82.0 Å². The molecule has 0 saturated heterocycles. The maximum Gasteiger partial charge on any atom is 0.416 e. The number of aromatic nitrogens is 1. The number of ether oxygens (including phenoxy) is 1. The molecule has 2 aliphatic rings. The summed E-state index contributed by atoms with van der Waals surface area (Å²) in [6, 6.07) is 10.5. The van der Waals surface area contributed by atoms with Crippen LogP contribution >= 0.6 is 0 Å². The van der Waals surface area contributed by atoms with E-state index in [2.05, 4.69) is 15.6 Å². The number of aryl methyl sites for hydroxylation is 1. The Morgan fingerprint density at radius 3 is 2.73 bits per heavy atom. The van der Waals surface area contributed by atoms with Gasteiger partial charge in [-0.2, -0.15) is 13.2 Å². The highest BCUT2D eigenvalue weighted by Crippen LogP contribution is 2.35. The number of benzene rings is 2. The third-order valence-corrected chi connectivity index (χ3v) is 6.66. The smallest absolute Gasteiger partial charge is 0.416 e. The molecule has 0 saturated carbocycles. The Morgan fingerprint density at radius 2 is 1.95 bits per heavy atom. The maximum atomic E-state index is 13.3. The van der Waals surface area contributed by atoms with Crippen LogP contribution in [0.2, 0.25) is 0 Å². The number of alkyl halides is 3. The van der Waals surface area contributed by atoms with Gasteiger partial charge in [-0.05, 0) is 78.8 Å². The number of fused-ring (bicyclic) bond motifs is 2. The number of nitrogens with one attached hydrogen (secondary N) is 2. The Hall–Kier alpha value is -3.92. The Balaban J connectivity index is 1.31. The van der Waals surface area contributed by atoms with Crippen molar-refractivity contribution < 1.29 is 27.5 Å². The van der Waals surface area contributed by atoms with Crippen LogP contribution in [0.15, 0.2) is 48.7 Å². The zero-order chi connectivity index (χ0) is 26.2. The molecule has 1 aliphatic heterocycles. The van der Waals surface area contributed by atoms with E-state index < -0.39 is 17.6 Å². The number of rotatable bonds is 5. The van der Waals surface area contributed by atoms with Crippen LogP contribution in [0.4, 0.5) is 19.0 Å². The lowest BCUT2D eigenvalue weighted by molar-refractivity contribution is -0.137. The number of pyridine rings is 1. The summed E-state index contributed by atoms with van der Waals surface area (Å²) in [5, 5.41) is 5.64. The van der Waals surface area contributed by atoms with Crippen LogP contribution in [0.25, 0.3) is 0 Å². The summed E-state index contributed by atoms with van der Waals surface area (Å²) in [6.45, 7) is -0.100. The van der Waals surface area contributed by atoms with Gasteiger partial charge in [-0.3, -0.25) is 9.59 Å². The zero-order valence-corrected chi connectivity index (χ0v) is 19.8. The minimum atomic E-state index is -4.57. The molecule has 0 bridgehead atoms. The summed E-state index contributed by atoms with van der Waals surface area (Å²) in [5.74, 6) is 1.09. The Morgan fingerprint density at radius 1 is 1.11 bits per heavy atom. The number of hydrogen-bond acceptors (Lipinski definition) is 5. The quantitative estimate of drug-likeness (QED) is 0.468. The molecule has 1 aromatic heterocycles. The number of nitrogens with two attached hydrogens (primary N) is 1. The van der Waals surface area contributed by atoms with E-state index in [1.165, 1.54) is 6.07 Å². The molecule has 2 amide bonds. The standard InChI is InChI=1S/C27H25F3N4O3/c28-27(29,30)19-10-15(14-31)9-18(11-19)26(36)33-20-3-1-16-2-4-21(13-17(16)12-20)37-23-7-8-32-25-22(23)5-6-24(35)34-25/h2,4,7-11,13,20H,1,3,5-6,12,14,31H2,(H,33,36)(H,32,34,35). The van der Waals surface area contributed by atoms with E-state index in [1.807, 2.05) is 18.2 Å². The first-order chi connectivity index (χ1) is 17.7. The summed E-state index contributed by atoms with van der Waals surface area (Å²) in [5.41, 5.74) is 7.80. The van der Waals surface area contributed by atoms with Crippen LogP contribution < -0.4 is 21.1 Å². The van der Waals surface area contributed by atoms with Crippen molar-refractivity contribution in [1.29, 1.82) is 0 Å². The molecular formula is C27H25F3N4O3. The molecule has 3 aromatic rings. The molecule has 1 atom stereocenters. The van der Waals surface area contributed by atoms with Gasteiger partial charge in [0.1, 0.15) is 17.3 Å². The number of halogens is 3.